The number of benzene rings is 1. The van der Waals surface area contributed by atoms with Gasteiger partial charge in [-0.1, -0.05) is 0 Å². The van der Waals surface area contributed by atoms with Crippen molar-refractivity contribution in [2.24, 2.45) is 0 Å². The number of nitrogens with zero attached hydrogens (tertiary/aromatic N) is 2. The van der Waals surface area contributed by atoms with Crippen molar-refractivity contribution in [2.75, 3.05) is 25.5 Å². The number of likely N-dealkylation sites (tertiary alicyclic amines) is 1. The molecule has 7 heteroatoms. The van der Waals surface area contributed by atoms with Crippen LogP contribution in [0.15, 0.2) is 36.5 Å². The lowest BCUT2D eigenvalue weighted by Gasteiger charge is -2.32. The molecule has 1 saturated heterocycles. The number of rotatable bonds is 3. The van der Waals surface area contributed by atoms with Crippen molar-refractivity contribution in [2.45, 2.75) is 18.8 Å². The van der Waals surface area contributed by atoms with E-state index in [0.29, 0.717) is 17.8 Å². The maximum absolute atomic E-state index is 12.5. The van der Waals surface area contributed by atoms with Gasteiger partial charge in [0, 0.05) is 36.6 Å². The predicted molar refractivity (Wildman–Crippen MR) is 88.9 cm³/mol. The average molecular weight is 328 g/mol. The molecule has 1 unspecified atom stereocenters. The molecule has 2 heterocycles. The SMILES string of the molecule is COC(=O)c1ccc(NC(=O)N2CCCC(c3ccn[nH]3)C2)cc1. The van der Waals surface area contributed by atoms with E-state index in [4.69, 9.17) is 0 Å². The third kappa shape index (κ3) is 3.56. The fourth-order valence-electron chi connectivity index (χ4n) is 2.92. The standard InChI is InChI=1S/C17H20N4O3/c1-24-16(22)12-4-6-14(7-5-12)19-17(23)21-10-2-3-13(11-21)15-8-9-18-20-15/h4-9,13H,2-3,10-11H2,1H3,(H,18,20)(H,19,23). The van der Waals surface area contributed by atoms with E-state index in [1.54, 1.807) is 30.5 Å². The first-order valence-corrected chi connectivity index (χ1v) is 7.91. The second kappa shape index (κ2) is 7.16. The van der Waals surface area contributed by atoms with E-state index >= 15 is 0 Å². The van der Waals surface area contributed by atoms with Gasteiger partial charge in [-0.3, -0.25) is 5.10 Å². The van der Waals surface area contributed by atoms with Gasteiger partial charge in [-0.2, -0.15) is 5.10 Å². The number of hydrogen-bond acceptors (Lipinski definition) is 4. The minimum atomic E-state index is -0.397. The average Bonchev–Trinajstić information content (AvgIpc) is 3.16. The topological polar surface area (TPSA) is 87.3 Å². The van der Waals surface area contributed by atoms with E-state index in [2.05, 4.69) is 20.3 Å². The van der Waals surface area contributed by atoms with Gasteiger partial charge in [-0.05, 0) is 43.2 Å². The number of anilines is 1. The monoisotopic (exact) mass is 328 g/mol. The quantitative estimate of drug-likeness (QED) is 0.848. The Morgan fingerprint density at radius 2 is 2.08 bits per heavy atom. The molecular formula is C17H20N4O3. The van der Waals surface area contributed by atoms with Crippen molar-refractivity contribution in [1.82, 2.24) is 15.1 Å². The van der Waals surface area contributed by atoms with Crippen LogP contribution in [0.1, 0.15) is 34.8 Å². The Kier molecular flexibility index (Phi) is 4.79. The lowest BCUT2D eigenvalue weighted by molar-refractivity contribution is 0.0601. The maximum Gasteiger partial charge on any atom is 0.337 e. The molecule has 1 aliphatic rings. The number of methoxy groups -OCH3 is 1. The van der Waals surface area contributed by atoms with Crippen molar-refractivity contribution in [3.05, 3.63) is 47.8 Å². The fraction of sp³-hybridized carbons (Fsp3) is 0.353. The van der Waals surface area contributed by atoms with Crippen LogP contribution in [0.25, 0.3) is 0 Å². The first-order valence-electron chi connectivity index (χ1n) is 7.91. The summed E-state index contributed by atoms with van der Waals surface area (Å²) in [6, 6.07) is 8.47. The summed E-state index contributed by atoms with van der Waals surface area (Å²) in [5.74, 6) is -0.111. The van der Waals surface area contributed by atoms with E-state index in [-0.39, 0.29) is 11.9 Å². The zero-order valence-corrected chi connectivity index (χ0v) is 13.5. The molecular weight excluding hydrogens is 308 g/mol. The number of ether oxygens (including phenoxy) is 1. The van der Waals surface area contributed by atoms with Crippen molar-refractivity contribution >= 4 is 17.7 Å². The Labute approximate surface area is 140 Å². The lowest BCUT2D eigenvalue weighted by atomic mass is 9.95. The Morgan fingerprint density at radius 1 is 1.29 bits per heavy atom. The van der Waals surface area contributed by atoms with Crippen LogP contribution in [0.2, 0.25) is 0 Å². The van der Waals surface area contributed by atoms with Crippen molar-refractivity contribution in [3.8, 4) is 0 Å². The van der Waals surface area contributed by atoms with E-state index in [0.717, 1.165) is 25.1 Å². The van der Waals surface area contributed by atoms with Crippen LogP contribution < -0.4 is 5.32 Å². The Balaban J connectivity index is 1.61. The molecule has 7 nitrogen and oxygen atoms in total. The number of esters is 1. The van der Waals surface area contributed by atoms with Gasteiger partial charge in [0.05, 0.1) is 12.7 Å². The summed E-state index contributed by atoms with van der Waals surface area (Å²) in [7, 11) is 1.34. The van der Waals surface area contributed by atoms with E-state index < -0.39 is 5.97 Å². The summed E-state index contributed by atoms with van der Waals surface area (Å²) in [5, 5.41) is 9.84. The van der Waals surface area contributed by atoms with E-state index in [1.807, 2.05) is 11.0 Å². The van der Waals surface area contributed by atoms with Gasteiger partial charge in [0.2, 0.25) is 0 Å². The lowest BCUT2D eigenvalue weighted by Crippen LogP contribution is -2.41. The zero-order valence-electron chi connectivity index (χ0n) is 13.5. The summed E-state index contributed by atoms with van der Waals surface area (Å²) in [6.45, 7) is 1.39. The summed E-state index contributed by atoms with van der Waals surface area (Å²) < 4.78 is 4.66. The Bertz CT molecular complexity index is 697. The number of aromatic amines is 1. The molecule has 1 aliphatic heterocycles. The third-order valence-corrected chi connectivity index (χ3v) is 4.23. The second-order valence-electron chi connectivity index (χ2n) is 5.80. The van der Waals surface area contributed by atoms with Gasteiger partial charge in [0.1, 0.15) is 0 Å². The molecule has 0 aliphatic carbocycles. The Morgan fingerprint density at radius 3 is 2.75 bits per heavy atom. The molecule has 2 aromatic rings. The summed E-state index contributed by atoms with van der Waals surface area (Å²) in [5.41, 5.74) is 2.17. The molecule has 1 aromatic heterocycles. The molecule has 0 spiro atoms. The molecule has 2 amide bonds. The fourth-order valence-corrected chi connectivity index (χ4v) is 2.92. The number of carbonyl (C=O) groups is 2. The molecule has 0 saturated carbocycles. The van der Waals surface area contributed by atoms with Gasteiger partial charge < -0.3 is 15.0 Å². The highest BCUT2D eigenvalue weighted by molar-refractivity contribution is 5.92. The van der Waals surface area contributed by atoms with E-state index in [1.165, 1.54) is 7.11 Å². The van der Waals surface area contributed by atoms with Crippen LogP contribution >= 0.6 is 0 Å². The molecule has 24 heavy (non-hydrogen) atoms. The second-order valence-corrected chi connectivity index (χ2v) is 5.80. The molecule has 2 N–H and O–H groups in total. The number of urea groups is 1. The van der Waals surface area contributed by atoms with Gasteiger partial charge in [0.25, 0.3) is 0 Å². The molecule has 1 aromatic carbocycles. The smallest absolute Gasteiger partial charge is 0.337 e. The summed E-state index contributed by atoms with van der Waals surface area (Å²) in [6.07, 6.45) is 3.73. The van der Waals surface area contributed by atoms with Crippen LogP contribution in [0.4, 0.5) is 10.5 Å². The van der Waals surface area contributed by atoms with Crippen LogP contribution in [0.3, 0.4) is 0 Å². The number of aromatic nitrogens is 2. The first kappa shape index (κ1) is 16.0. The van der Waals surface area contributed by atoms with Crippen LogP contribution in [-0.4, -0.2) is 47.3 Å². The van der Waals surface area contributed by atoms with Crippen LogP contribution in [0, 0.1) is 0 Å². The van der Waals surface area contributed by atoms with Gasteiger partial charge in [-0.15, -0.1) is 0 Å². The first-order chi connectivity index (χ1) is 11.7. The highest BCUT2D eigenvalue weighted by Crippen LogP contribution is 2.25. The molecule has 126 valence electrons. The largest absolute Gasteiger partial charge is 0.465 e. The number of amides is 2. The zero-order chi connectivity index (χ0) is 16.9. The van der Waals surface area contributed by atoms with Crippen LogP contribution in [0.5, 0.6) is 0 Å². The molecule has 0 radical (unpaired) electrons. The predicted octanol–water partition coefficient (Wildman–Crippen LogP) is 2.61. The number of piperidine rings is 1. The van der Waals surface area contributed by atoms with Crippen molar-refractivity contribution < 1.29 is 14.3 Å². The number of carbonyl (C=O) groups excluding carboxylic acids is 2. The van der Waals surface area contributed by atoms with Crippen LogP contribution in [-0.2, 0) is 4.74 Å². The van der Waals surface area contributed by atoms with Gasteiger partial charge >= 0.3 is 12.0 Å². The summed E-state index contributed by atoms with van der Waals surface area (Å²) >= 11 is 0. The van der Waals surface area contributed by atoms with Crippen molar-refractivity contribution in [1.29, 1.82) is 0 Å². The highest BCUT2D eigenvalue weighted by atomic mass is 16.5. The molecule has 0 bridgehead atoms. The maximum atomic E-state index is 12.5. The highest BCUT2D eigenvalue weighted by Gasteiger charge is 2.25. The minimum absolute atomic E-state index is 0.134. The number of hydrogen-bond donors (Lipinski definition) is 2. The van der Waals surface area contributed by atoms with Gasteiger partial charge in [-0.25, -0.2) is 9.59 Å². The van der Waals surface area contributed by atoms with Gasteiger partial charge in [0.15, 0.2) is 0 Å². The summed E-state index contributed by atoms with van der Waals surface area (Å²) in [4.78, 5) is 25.7. The normalized spacial score (nSPS) is 17.4. The Hall–Kier alpha value is -2.83. The minimum Gasteiger partial charge on any atom is -0.465 e. The molecule has 3 rings (SSSR count). The number of H-pyrrole nitrogens is 1. The number of nitrogens with one attached hydrogen (secondary N) is 2. The van der Waals surface area contributed by atoms with Crippen molar-refractivity contribution in [3.63, 3.8) is 0 Å². The molecule has 1 atom stereocenters. The van der Waals surface area contributed by atoms with E-state index in [9.17, 15) is 9.59 Å². The third-order valence-electron chi connectivity index (χ3n) is 4.23. The molecule has 1 fully saturated rings.